The minimum Gasteiger partial charge on any atom is -0.465 e. The van der Waals surface area contributed by atoms with E-state index in [9.17, 15) is 9.59 Å². The van der Waals surface area contributed by atoms with Crippen molar-refractivity contribution in [3.8, 4) is 0 Å². The molecule has 1 aromatic rings. The lowest BCUT2D eigenvalue weighted by molar-refractivity contribution is 0.0600. The van der Waals surface area contributed by atoms with E-state index < -0.39 is 0 Å². The van der Waals surface area contributed by atoms with Crippen molar-refractivity contribution >= 4 is 12.0 Å². The summed E-state index contributed by atoms with van der Waals surface area (Å²) in [6, 6.07) is 6.78. The van der Waals surface area contributed by atoms with Crippen LogP contribution < -0.4 is 10.6 Å². The van der Waals surface area contributed by atoms with Gasteiger partial charge < -0.3 is 20.1 Å². The Labute approximate surface area is 130 Å². The molecule has 0 unspecified atom stereocenters. The van der Waals surface area contributed by atoms with Crippen molar-refractivity contribution in [1.29, 1.82) is 0 Å². The largest absolute Gasteiger partial charge is 0.465 e. The van der Waals surface area contributed by atoms with Gasteiger partial charge in [0.1, 0.15) is 0 Å². The first-order valence-electron chi connectivity index (χ1n) is 7.45. The van der Waals surface area contributed by atoms with Crippen LogP contribution in [0.25, 0.3) is 0 Å². The van der Waals surface area contributed by atoms with Gasteiger partial charge >= 0.3 is 12.0 Å². The number of esters is 1. The summed E-state index contributed by atoms with van der Waals surface area (Å²) in [7, 11) is 1.35. The lowest BCUT2D eigenvalue weighted by atomic mass is 10.0. The van der Waals surface area contributed by atoms with Gasteiger partial charge in [-0.3, -0.25) is 0 Å². The highest BCUT2D eigenvalue weighted by atomic mass is 16.5. The number of ether oxygens (including phenoxy) is 2. The molecule has 2 amide bonds. The molecule has 0 aromatic heterocycles. The number of amides is 2. The van der Waals surface area contributed by atoms with E-state index in [4.69, 9.17) is 4.74 Å². The van der Waals surface area contributed by atoms with E-state index >= 15 is 0 Å². The zero-order chi connectivity index (χ0) is 15.8. The predicted molar refractivity (Wildman–Crippen MR) is 81.6 cm³/mol. The molecule has 120 valence electrons. The molecule has 22 heavy (non-hydrogen) atoms. The maximum atomic E-state index is 11.8. The van der Waals surface area contributed by atoms with E-state index in [1.807, 2.05) is 0 Å². The van der Waals surface area contributed by atoms with Gasteiger partial charge in [0.15, 0.2) is 0 Å². The van der Waals surface area contributed by atoms with Crippen LogP contribution in [-0.4, -0.2) is 38.9 Å². The van der Waals surface area contributed by atoms with Crippen LogP contribution in [0.5, 0.6) is 0 Å². The molecular formula is C16H22N2O4. The van der Waals surface area contributed by atoms with Crippen LogP contribution in [-0.2, 0) is 16.0 Å². The molecule has 2 N–H and O–H groups in total. The highest BCUT2D eigenvalue weighted by Crippen LogP contribution is 2.13. The van der Waals surface area contributed by atoms with Gasteiger partial charge in [-0.25, -0.2) is 9.59 Å². The van der Waals surface area contributed by atoms with Gasteiger partial charge in [0.05, 0.1) is 12.7 Å². The fraction of sp³-hybridized carbons (Fsp3) is 0.500. The molecule has 1 fully saturated rings. The van der Waals surface area contributed by atoms with E-state index in [0.29, 0.717) is 24.6 Å². The minimum atomic E-state index is -0.367. The number of hydrogen-bond donors (Lipinski definition) is 2. The number of urea groups is 1. The van der Waals surface area contributed by atoms with Crippen molar-refractivity contribution in [1.82, 2.24) is 10.6 Å². The Morgan fingerprint density at radius 1 is 1.18 bits per heavy atom. The molecule has 0 radical (unpaired) electrons. The smallest absolute Gasteiger partial charge is 0.337 e. The average Bonchev–Trinajstić information content (AvgIpc) is 2.58. The van der Waals surface area contributed by atoms with Crippen LogP contribution in [0.2, 0.25) is 0 Å². The van der Waals surface area contributed by atoms with Crippen molar-refractivity contribution in [2.75, 3.05) is 26.9 Å². The molecule has 0 spiro atoms. The van der Waals surface area contributed by atoms with Crippen LogP contribution in [0.1, 0.15) is 28.8 Å². The Morgan fingerprint density at radius 3 is 2.50 bits per heavy atom. The molecule has 1 heterocycles. The van der Waals surface area contributed by atoms with E-state index in [1.54, 1.807) is 24.3 Å². The number of hydrogen-bond acceptors (Lipinski definition) is 4. The fourth-order valence-electron chi connectivity index (χ4n) is 2.31. The lowest BCUT2D eigenvalue weighted by Gasteiger charge is -2.22. The second-order valence-electron chi connectivity index (χ2n) is 5.31. The van der Waals surface area contributed by atoms with Crippen LogP contribution in [0.15, 0.2) is 24.3 Å². The number of rotatable bonds is 5. The van der Waals surface area contributed by atoms with Crippen molar-refractivity contribution in [2.24, 2.45) is 5.92 Å². The molecule has 0 aliphatic carbocycles. The molecule has 0 atom stereocenters. The van der Waals surface area contributed by atoms with E-state index in [2.05, 4.69) is 15.4 Å². The van der Waals surface area contributed by atoms with Crippen molar-refractivity contribution < 1.29 is 19.1 Å². The van der Waals surface area contributed by atoms with Crippen LogP contribution >= 0.6 is 0 Å². The van der Waals surface area contributed by atoms with E-state index in [-0.39, 0.29) is 12.0 Å². The Hall–Kier alpha value is -2.08. The minimum absolute atomic E-state index is 0.177. The highest BCUT2D eigenvalue weighted by molar-refractivity contribution is 5.89. The number of benzene rings is 1. The summed E-state index contributed by atoms with van der Waals surface area (Å²) in [5.74, 6) is 0.132. The summed E-state index contributed by atoms with van der Waals surface area (Å²) < 4.78 is 9.92. The predicted octanol–water partition coefficient (Wildman–Crippen LogP) is 1.70. The normalized spacial score (nSPS) is 15.1. The third-order valence-corrected chi connectivity index (χ3v) is 3.72. The molecule has 1 aliphatic heterocycles. The van der Waals surface area contributed by atoms with E-state index in [1.165, 1.54) is 7.11 Å². The van der Waals surface area contributed by atoms with Crippen LogP contribution in [0.3, 0.4) is 0 Å². The van der Waals surface area contributed by atoms with Crippen molar-refractivity contribution in [2.45, 2.75) is 19.4 Å². The molecule has 1 saturated heterocycles. The highest BCUT2D eigenvalue weighted by Gasteiger charge is 2.14. The quantitative estimate of drug-likeness (QED) is 0.812. The van der Waals surface area contributed by atoms with E-state index in [0.717, 1.165) is 31.6 Å². The average molecular weight is 306 g/mol. The molecule has 6 nitrogen and oxygen atoms in total. The molecule has 6 heteroatoms. The topological polar surface area (TPSA) is 76.7 Å². The van der Waals surface area contributed by atoms with Gasteiger partial charge in [0.25, 0.3) is 0 Å². The molecular weight excluding hydrogens is 284 g/mol. The summed E-state index contributed by atoms with van der Waals surface area (Å²) in [4.78, 5) is 23.1. The van der Waals surface area contributed by atoms with Gasteiger partial charge in [-0.15, -0.1) is 0 Å². The molecule has 1 aromatic carbocycles. The second-order valence-corrected chi connectivity index (χ2v) is 5.31. The van der Waals surface area contributed by atoms with Gasteiger partial charge in [-0.1, -0.05) is 12.1 Å². The summed E-state index contributed by atoms with van der Waals surface area (Å²) in [6.07, 6.45) is 1.99. The summed E-state index contributed by atoms with van der Waals surface area (Å²) in [5.41, 5.74) is 1.42. The first-order chi connectivity index (χ1) is 10.7. The van der Waals surface area contributed by atoms with Crippen molar-refractivity contribution in [3.63, 3.8) is 0 Å². The Morgan fingerprint density at radius 2 is 1.86 bits per heavy atom. The molecule has 2 rings (SSSR count). The maximum absolute atomic E-state index is 11.8. The van der Waals surface area contributed by atoms with Gasteiger partial charge in [-0.2, -0.15) is 0 Å². The summed E-state index contributed by atoms with van der Waals surface area (Å²) in [6.45, 7) is 2.65. The second kappa shape index (κ2) is 8.38. The first-order valence-corrected chi connectivity index (χ1v) is 7.45. The monoisotopic (exact) mass is 306 g/mol. The SMILES string of the molecule is COC(=O)c1ccc(CNC(=O)NCC2CCOCC2)cc1. The Kier molecular flexibility index (Phi) is 6.21. The molecule has 0 bridgehead atoms. The van der Waals surface area contributed by atoms with Crippen LogP contribution in [0.4, 0.5) is 4.79 Å². The number of carbonyl (C=O) groups excluding carboxylic acids is 2. The van der Waals surface area contributed by atoms with Gasteiger partial charge in [0.2, 0.25) is 0 Å². The number of nitrogens with one attached hydrogen (secondary N) is 2. The van der Waals surface area contributed by atoms with Gasteiger partial charge in [-0.05, 0) is 36.5 Å². The standard InChI is InChI=1S/C16H22N2O4/c1-21-15(19)14-4-2-12(3-5-14)10-17-16(20)18-11-13-6-8-22-9-7-13/h2-5,13H,6-11H2,1H3,(H2,17,18,20). The fourth-order valence-corrected chi connectivity index (χ4v) is 2.31. The number of carbonyl (C=O) groups is 2. The van der Waals surface area contributed by atoms with Crippen LogP contribution in [0, 0.1) is 5.92 Å². The summed E-state index contributed by atoms with van der Waals surface area (Å²) in [5, 5.41) is 5.69. The Balaban J connectivity index is 1.70. The van der Waals surface area contributed by atoms with Crippen molar-refractivity contribution in [3.05, 3.63) is 35.4 Å². The third-order valence-electron chi connectivity index (χ3n) is 3.72. The zero-order valence-electron chi connectivity index (χ0n) is 12.8. The maximum Gasteiger partial charge on any atom is 0.337 e. The Bertz CT molecular complexity index is 495. The molecule has 1 aliphatic rings. The van der Waals surface area contributed by atoms with Gasteiger partial charge in [0, 0.05) is 26.3 Å². The zero-order valence-corrected chi connectivity index (χ0v) is 12.8. The molecule has 0 saturated carbocycles. The number of methoxy groups -OCH3 is 1. The lowest BCUT2D eigenvalue weighted by Crippen LogP contribution is -2.39. The first kappa shape index (κ1) is 16.3. The summed E-state index contributed by atoms with van der Waals surface area (Å²) >= 11 is 0. The third kappa shape index (κ3) is 5.04.